The third-order valence-corrected chi connectivity index (χ3v) is 6.84. The first-order valence-corrected chi connectivity index (χ1v) is 10.6. The topological polar surface area (TPSA) is 67.9 Å². The molecule has 1 aromatic carbocycles. The number of thiophene rings is 1. The summed E-state index contributed by atoms with van der Waals surface area (Å²) in [6.07, 6.45) is 3.02. The number of benzene rings is 1. The van der Waals surface area contributed by atoms with Crippen LogP contribution in [0.2, 0.25) is 0 Å². The van der Waals surface area contributed by atoms with Crippen LogP contribution in [0.5, 0.6) is 5.75 Å². The van der Waals surface area contributed by atoms with Gasteiger partial charge in [-0.15, -0.1) is 11.3 Å². The maximum absolute atomic E-state index is 13.6. The summed E-state index contributed by atoms with van der Waals surface area (Å²) in [5.74, 6) is 1.47. The number of aromatic nitrogens is 2. The van der Waals surface area contributed by atoms with Crippen LogP contribution in [-0.4, -0.2) is 22.4 Å². The number of nitriles is 1. The summed E-state index contributed by atoms with van der Waals surface area (Å²) in [4.78, 5) is 20.4. The summed E-state index contributed by atoms with van der Waals surface area (Å²) in [6.45, 7) is 2.25. The van der Waals surface area contributed by atoms with Gasteiger partial charge in [0.05, 0.1) is 30.0 Å². The van der Waals surface area contributed by atoms with Crippen molar-refractivity contribution < 1.29 is 4.74 Å². The van der Waals surface area contributed by atoms with Gasteiger partial charge in [0.15, 0.2) is 5.16 Å². The van der Waals surface area contributed by atoms with Crippen molar-refractivity contribution >= 4 is 33.3 Å². The van der Waals surface area contributed by atoms with E-state index in [1.807, 2.05) is 24.3 Å². The maximum Gasteiger partial charge on any atom is 0.267 e. The minimum atomic E-state index is -0.0722. The predicted molar refractivity (Wildman–Crippen MR) is 109 cm³/mol. The van der Waals surface area contributed by atoms with E-state index in [0.29, 0.717) is 22.5 Å². The molecule has 0 unspecified atom stereocenters. The molecule has 0 spiro atoms. The molecule has 1 aliphatic rings. The van der Waals surface area contributed by atoms with Crippen LogP contribution in [0.25, 0.3) is 15.9 Å². The molecule has 0 aliphatic heterocycles. The summed E-state index contributed by atoms with van der Waals surface area (Å²) < 4.78 is 7.08. The second-order valence-electron chi connectivity index (χ2n) is 6.69. The molecule has 4 rings (SSSR count). The average Bonchev–Trinajstić information content (AvgIpc) is 3.03. The monoisotopic (exact) mass is 397 g/mol. The summed E-state index contributed by atoms with van der Waals surface area (Å²) in [6, 6.07) is 9.55. The fraction of sp³-hybridized carbons (Fsp3) is 0.350. The van der Waals surface area contributed by atoms with Crippen molar-refractivity contribution in [3.63, 3.8) is 0 Å². The lowest BCUT2D eigenvalue weighted by Crippen LogP contribution is -2.23. The summed E-state index contributed by atoms with van der Waals surface area (Å²) in [5.41, 5.74) is 1.74. The van der Waals surface area contributed by atoms with Crippen molar-refractivity contribution in [2.24, 2.45) is 5.92 Å². The molecule has 5 nitrogen and oxygen atoms in total. The fourth-order valence-electron chi connectivity index (χ4n) is 3.59. The van der Waals surface area contributed by atoms with Crippen LogP contribution >= 0.6 is 23.1 Å². The van der Waals surface area contributed by atoms with E-state index in [2.05, 4.69) is 13.0 Å². The SMILES string of the molecule is COc1ccccc1-n1c(SCC#N)nc2sc3c(c2c1=O)CC[C@H](C)C3. The summed E-state index contributed by atoms with van der Waals surface area (Å²) in [5, 5.41) is 10.3. The van der Waals surface area contributed by atoms with Gasteiger partial charge >= 0.3 is 0 Å². The number of hydrogen-bond donors (Lipinski definition) is 0. The van der Waals surface area contributed by atoms with E-state index in [9.17, 15) is 4.79 Å². The molecule has 2 aromatic heterocycles. The van der Waals surface area contributed by atoms with E-state index >= 15 is 0 Å². The molecular weight excluding hydrogens is 378 g/mol. The Bertz CT molecular complexity index is 1110. The molecule has 0 bridgehead atoms. The molecule has 1 aliphatic carbocycles. The molecule has 0 fully saturated rings. The molecule has 1 atom stereocenters. The van der Waals surface area contributed by atoms with Crippen LogP contribution in [0.3, 0.4) is 0 Å². The standard InChI is InChI=1S/C20H19N3O2S2/c1-12-7-8-13-16(11-12)27-18-17(13)19(24)23(20(22-18)26-10-9-21)14-5-3-4-6-15(14)25-2/h3-6,12H,7-8,10-11H2,1-2H3/t12-/m0/s1. The molecule has 0 saturated heterocycles. The lowest BCUT2D eigenvalue weighted by atomic mass is 9.89. The number of rotatable bonds is 4. The van der Waals surface area contributed by atoms with Gasteiger partial charge in [-0.25, -0.2) is 4.98 Å². The Hall–Kier alpha value is -2.30. The zero-order chi connectivity index (χ0) is 19.0. The van der Waals surface area contributed by atoms with Crippen LogP contribution in [-0.2, 0) is 12.8 Å². The minimum Gasteiger partial charge on any atom is -0.495 e. The molecular formula is C20H19N3O2S2. The normalized spacial score (nSPS) is 16.1. The van der Waals surface area contributed by atoms with E-state index in [1.165, 1.54) is 16.6 Å². The van der Waals surface area contributed by atoms with Gasteiger partial charge in [-0.2, -0.15) is 5.26 Å². The van der Waals surface area contributed by atoms with Crippen LogP contribution in [0, 0.1) is 17.2 Å². The third-order valence-electron chi connectivity index (χ3n) is 4.89. The van der Waals surface area contributed by atoms with Crippen LogP contribution in [0.4, 0.5) is 0 Å². The first-order chi connectivity index (χ1) is 13.1. The van der Waals surface area contributed by atoms with Gasteiger partial charge in [-0.05, 0) is 42.9 Å². The third kappa shape index (κ3) is 3.13. The first-order valence-electron chi connectivity index (χ1n) is 8.84. The highest BCUT2D eigenvalue weighted by molar-refractivity contribution is 7.99. The van der Waals surface area contributed by atoms with Crippen molar-refractivity contribution in [3.8, 4) is 17.5 Å². The van der Waals surface area contributed by atoms with Crippen molar-refractivity contribution in [1.29, 1.82) is 5.26 Å². The van der Waals surface area contributed by atoms with E-state index in [0.717, 1.165) is 35.0 Å². The number of para-hydroxylation sites is 2. The van der Waals surface area contributed by atoms with Gasteiger partial charge in [0.1, 0.15) is 10.6 Å². The highest BCUT2D eigenvalue weighted by atomic mass is 32.2. The fourth-order valence-corrected chi connectivity index (χ4v) is 5.68. The Morgan fingerprint density at radius 1 is 1.44 bits per heavy atom. The molecule has 3 aromatic rings. The van der Waals surface area contributed by atoms with Gasteiger partial charge in [-0.3, -0.25) is 9.36 Å². The number of nitrogens with zero attached hydrogens (tertiary/aromatic N) is 3. The molecule has 0 saturated carbocycles. The second kappa shape index (κ2) is 7.37. The van der Waals surface area contributed by atoms with Crippen molar-refractivity contribution in [1.82, 2.24) is 9.55 Å². The highest BCUT2D eigenvalue weighted by Crippen LogP contribution is 2.37. The Morgan fingerprint density at radius 3 is 3.04 bits per heavy atom. The van der Waals surface area contributed by atoms with Crippen molar-refractivity contribution in [3.05, 3.63) is 45.1 Å². The van der Waals surface area contributed by atoms with Crippen molar-refractivity contribution in [2.75, 3.05) is 12.9 Å². The second-order valence-corrected chi connectivity index (χ2v) is 8.71. The Labute approximate surface area is 165 Å². The quantitative estimate of drug-likeness (QED) is 0.488. The number of methoxy groups -OCH3 is 1. The number of aryl methyl sites for hydroxylation is 1. The van der Waals surface area contributed by atoms with E-state index in [-0.39, 0.29) is 11.3 Å². The van der Waals surface area contributed by atoms with Gasteiger partial charge in [-0.1, -0.05) is 30.8 Å². The summed E-state index contributed by atoms with van der Waals surface area (Å²) in [7, 11) is 1.59. The molecule has 2 heterocycles. The number of hydrogen-bond acceptors (Lipinski definition) is 6. The van der Waals surface area contributed by atoms with Crippen LogP contribution in [0.1, 0.15) is 23.8 Å². The first kappa shape index (κ1) is 18.1. The molecule has 0 radical (unpaired) electrons. The molecule has 138 valence electrons. The highest BCUT2D eigenvalue weighted by Gasteiger charge is 2.25. The lowest BCUT2D eigenvalue weighted by Gasteiger charge is -2.18. The largest absolute Gasteiger partial charge is 0.495 e. The van der Waals surface area contributed by atoms with Crippen molar-refractivity contribution in [2.45, 2.75) is 31.3 Å². The van der Waals surface area contributed by atoms with Gasteiger partial charge in [0, 0.05) is 4.88 Å². The molecule has 0 amide bonds. The van der Waals surface area contributed by atoms with Crippen LogP contribution < -0.4 is 10.3 Å². The molecule has 27 heavy (non-hydrogen) atoms. The minimum absolute atomic E-state index is 0.0722. The number of fused-ring (bicyclic) bond motifs is 3. The number of thioether (sulfide) groups is 1. The van der Waals surface area contributed by atoms with E-state index < -0.39 is 0 Å². The predicted octanol–water partition coefficient (Wildman–Crippen LogP) is 4.20. The average molecular weight is 398 g/mol. The number of ether oxygens (including phenoxy) is 1. The Morgan fingerprint density at radius 2 is 2.26 bits per heavy atom. The maximum atomic E-state index is 13.6. The van der Waals surface area contributed by atoms with E-state index in [4.69, 9.17) is 15.0 Å². The smallest absolute Gasteiger partial charge is 0.267 e. The lowest BCUT2D eigenvalue weighted by molar-refractivity contribution is 0.411. The zero-order valence-electron chi connectivity index (χ0n) is 15.2. The molecule has 0 N–H and O–H groups in total. The van der Waals surface area contributed by atoms with Gasteiger partial charge in [0.2, 0.25) is 0 Å². The van der Waals surface area contributed by atoms with E-state index in [1.54, 1.807) is 23.0 Å². The zero-order valence-corrected chi connectivity index (χ0v) is 16.8. The summed E-state index contributed by atoms with van der Waals surface area (Å²) >= 11 is 2.91. The molecule has 7 heteroatoms. The van der Waals surface area contributed by atoms with Gasteiger partial charge in [0.25, 0.3) is 5.56 Å². The Kier molecular flexibility index (Phi) is 4.94. The van der Waals surface area contributed by atoms with Crippen LogP contribution in [0.15, 0.2) is 34.2 Å². The van der Waals surface area contributed by atoms with Gasteiger partial charge < -0.3 is 4.74 Å². The Balaban J connectivity index is 2.02.